The van der Waals surface area contributed by atoms with Crippen molar-refractivity contribution in [2.45, 2.75) is 11.8 Å². The van der Waals surface area contributed by atoms with Gasteiger partial charge in [-0.15, -0.1) is 0 Å². The van der Waals surface area contributed by atoms with Gasteiger partial charge in [0.25, 0.3) is 0 Å². The minimum Gasteiger partial charge on any atom is -0.504 e. The molecule has 0 atom stereocenters. The molecule has 0 aliphatic heterocycles. The van der Waals surface area contributed by atoms with Crippen molar-refractivity contribution in [2.75, 3.05) is 19.4 Å². The van der Waals surface area contributed by atoms with E-state index in [2.05, 4.69) is 15.6 Å². The van der Waals surface area contributed by atoms with E-state index < -0.39 is 20.7 Å². The monoisotopic (exact) mass is 407 g/mol. The van der Waals surface area contributed by atoms with Gasteiger partial charge in [0, 0.05) is 14.1 Å². The van der Waals surface area contributed by atoms with E-state index in [4.69, 9.17) is 16.9 Å². The summed E-state index contributed by atoms with van der Waals surface area (Å²) >= 11 is 5.99. The molecule has 2 aromatic rings. The largest absolute Gasteiger partial charge is 0.504 e. The highest BCUT2D eigenvalue weighted by Gasteiger charge is 2.27. The predicted octanol–water partition coefficient (Wildman–Crippen LogP) is 2.77. The third-order valence-corrected chi connectivity index (χ3v) is 5.91. The van der Waals surface area contributed by atoms with Crippen LogP contribution in [0.2, 0.25) is 5.02 Å². The van der Waals surface area contributed by atoms with Crippen LogP contribution in [0.5, 0.6) is 5.75 Å². The molecular formula is C17H18ClN5O3S. The summed E-state index contributed by atoms with van der Waals surface area (Å²) in [6.45, 7) is 1.85. The van der Waals surface area contributed by atoms with Crippen molar-refractivity contribution < 1.29 is 13.5 Å². The second-order valence-corrected chi connectivity index (χ2v) is 8.16. The number of para-hydroxylation sites is 1. The molecule has 2 rings (SSSR count). The fourth-order valence-corrected chi connectivity index (χ4v) is 3.63. The number of hydrogen-bond donors (Lipinski definition) is 3. The van der Waals surface area contributed by atoms with Gasteiger partial charge in [-0.1, -0.05) is 29.8 Å². The Morgan fingerprint density at radius 2 is 1.93 bits per heavy atom. The maximum Gasteiger partial charge on any atom is 0.247 e. The quantitative estimate of drug-likeness (QED) is 0.236. The average molecular weight is 408 g/mol. The average Bonchev–Trinajstić information content (AvgIpc) is 2.59. The van der Waals surface area contributed by atoms with Crippen LogP contribution >= 0.6 is 11.6 Å². The number of rotatable bonds is 4. The lowest BCUT2D eigenvalue weighted by atomic mass is 10.2. The third-order valence-electron chi connectivity index (χ3n) is 3.60. The zero-order valence-corrected chi connectivity index (χ0v) is 16.4. The van der Waals surface area contributed by atoms with E-state index in [0.29, 0.717) is 5.69 Å². The molecule has 0 heterocycles. The van der Waals surface area contributed by atoms with Gasteiger partial charge in [-0.25, -0.2) is 17.7 Å². The van der Waals surface area contributed by atoms with Crippen LogP contribution in [0.4, 0.5) is 11.4 Å². The second-order valence-electron chi connectivity index (χ2n) is 5.67. The van der Waals surface area contributed by atoms with Gasteiger partial charge in [0.1, 0.15) is 4.90 Å². The van der Waals surface area contributed by atoms with Gasteiger partial charge in [-0.2, -0.15) is 5.26 Å². The zero-order chi connectivity index (χ0) is 20.2. The van der Waals surface area contributed by atoms with E-state index in [1.165, 1.54) is 26.2 Å². The van der Waals surface area contributed by atoms with Gasteiger partial charge >= 0.3 is 0 Å². The molecule has 0 unspecified atom stereocenters. The lowest BCUT2D eigenvalue weighted by Gasteiger charge is -2.17. The van der Waals surface area contributed by atoms with Crippen molar-refractivity contribution in [3.05, 3.63) is 47.0 Å². The van der Waals surface area contributed by atoms with Crippen LogP contribution in [-0.4, -0.2) is 37.9 Å². The summed E-state index contributed by atoms with van der Waals surface area (Å²) < 4.78 is 25.8. The number of sulfonamides is 1. The Balaban J connectivity index is 2.52. The van der Waals surface area contributed by atoms with E-state index in [1.807, 2.05) is 19.1 Å². The first-order valence-corrected chi connectivity index (χ1v) is 9.50. The summed E-state index contributed by atoms with van der Waals surface area (Å²) in [4.78, 5) is 3.86. The molecule has 8 nitrogen and oxygen atoms in total. The highest BCUT2D eigenvalue weighted by Crippen LogP contribution is 2.38. The molecule has 0 spiro atoms. The van der Waals surface area contributed by atoms with E-state index in [-0.39, 0.29) is 16.7 Å². The predicted molar refractivity (Wildman–Crippen MR) is 105 cm³/mol. The first kappa shape index (κ1) is 20.5. The van der Waals surface area contributed by atoms with Crippen LogP contribution in [0.15, 0.2) is 46.3 Å². The van der Waals surface area contributed by atoms with Crippen molar-refractivity contribution in [3.8, 4) is 11.9 Å². The molecule has 3 N–H and O–H groups in total. The fourth-order valence-electron chi connectivity index (χ4n) is 2.15. The van der Waals surface area contributed by atoms with Crippen LogP contribution < -0.4 is 10.6 Å². The van der Waals surface area contributed by atoms with E-state index >= 15 is 0 Å². The minimum atomic E-state index is -3.99. The van der Waals surface area contributed by atoms with Gasteiger partial charge < -0.3 is 10.4 Å². The Hall–Kier alpha value is -2.80. The van der Waals surface area contributed by atoms with Crippen LogP contribution in [0.1, 0.15) is 5.56 Å². The molecule has 0 saturated carbocycles. The lowest BCUT2D eigenvalue weighted by Crippen LogP contribution is -2.27. The fraction of sp³-hybridized carbons (Fsp3) is 0.176. The van der Waals surface area contributed by atoms with E-state index in [9.17, 15) is 13.5 Å². The molecular weight excluding hydrogens is 390 g/mol. The first-order chi connectivity index (χ1) is 12.7. The number of aliphatic imine (C=N–C) groups is 1. The lowest BCUT2D eigenvalue weighted by molar-refractivity contribution is 0.455. The zero-order valence-electron chi connectivity index (χ0n) is 14.9. The number of guanidine groups is 1. The molecule has 0 aliphatic carbocycles. The molecule has 0 aliphatic rings. The maximum atomic E-state index is 12.4. The van der Waals surface area contributed by atoms with Crippen LogP contribution in [-0.2, 0) is 10.0 Å². The van der Waals surface area contributed by atoms with Crippen molar-refractivity contribution in [3.63, 3.8) is 0 Å². The minimum absolute atomic E-state index is 0.0117. The molecule has 0 aromatic heterocycles. The standard InChI is InChI=1S/C17H18ClN5O3S/c1-11-6-4-5-7-13(11)21-17(20-10-19)22-14-9-8-12(18)16(15(14)24)27(25,26)23(2)3/h4-9,24H,1-3H3,(H2,20,21,22). The van der Waals surface area contributed by atoms with Gasteiger partial charge in [-0.05, 0) is 30.7 Å². The summed E-state index contributed by atoms with van der Waals surface area (Å²) in [5, 5.41) is 24.4. The SMILES string of the molecule is Cc1ccccc1N=C(NC#N)Nc1ccc(Cl)c(S(=O)(=O)N(C)C)c1O. The highest BCUT2D eigenvalue weighted by molar-refractivity contribution is 7.89. The maximum absolute atomic E-state index is 12.4. The number of anilines is 1. The molecule has 0 radical (unpaired) electrons. The number of nitrogens with zero attached hydrogens (tertiary/aromatic N) is 3. The summed E-state index contributed by atoms with van der Waals surface area (Å²) in [5.74, 6) is -0.564. The summed E-state index contributed by atoms with van der Waals surface area (Å²) in [6.07, 6.45) is 1.74. The van der Waals surface area contributed by atoms with Crippen molar-refractivity contribution in [1.29, 1.82) is 5.26 Å². The molecule has 142 valence electrons. The first-order valence-electron chi connectivity index (χ1n) is 7.69. The van der Waals surface area contributed by atoms with Gasteiger partial charge in [0.05, 0.1) is 16.4 Å². The normalized spacial score (nSPS) is 11.9. The number of hydrogen-bond acceptors (Lipinski definition) is 5. The Labute approximate surface area is 162 Å². The van der Waals surface area contributed by atoms with E-state index in [0.717, 1.165) is 9.87 Å². The molecule has 2 aromatic carbocycles. The number of phenolic OH excluding ortho intramolecular Hbond substituents is 1. The Bertz CT molecular complexity index is 1030. The number of benzene rings is 2. The van der Waals surface area contributed by atoms with Crippen molar-refractivity contribution >= 4 is 39.0 Å². The van der Waals surface area contributed by atoms with Crippen molar-refractivity contribution in [1.82, 2.24) is 9.62 Å². The van der Waals surface area contributed by atoms with Crippen LogP contribution in [0, 0.1) is 18.4 Å². The summed E-state index contributed by atoms with van der Waals surface area (Å²) in [7, 11) is -1.33. The Morgan fingerprint density at radius 3 is 2.52 bits per heavy atom. The number of aromatic hydroxyl groups is 1. The summed E-state index contributed by atoms with van der Waals surface area (Å²) in [5.41, 5.74) is 1.49. The number of aryl methyl sites for hydroxylation is 1. The highest BCUT2D eigenvalue weighted by atomic mass is 35.5. The molecule has 0 saturated heterocycles. The molecule has 0 bridgehead atoms. The number of phenols is 1. The molecule has 0 fully saturated rings. The molecule has 27 heavy (non-hydrogen) atoms. The topological polar surface area (TPSA) is 118 Å². The smallest absolute Gasteiger partial charge is 0.247 e. The molecule has 0 amide bonds. The second kappa shape index (κ2) is 8.26. The Morgan fingerprint density at radius 1 is 1.26 bits per heavy atom. The number of halogens is 1. The van der Waals surface area contributed by atoms with Gasteiger partial charge in [0.15, 0.2) is 11.9 Å². The molecule has 10 heteroatoms. The van der Waals surface area contributed by atoms with E-state index in [1.54, 1.807) is 18.3 Å². The number of nitriles is 1. The summed E-state index contributed by atoms with van der Waals surface area (Å²) in [6, 6.07) is 9.96. The van der Waals surface area contributed by atoms with Gasteiger partial charge in [-0.3, -0.25) is 5.32 Å². The van der Waals surface area contributed by atoms with Crippen molar-refractivity contribution in [2.24, 2.45) is 4.99 Å². The Kier molecular flexibility index (Phi) is 6.28. The third kappa shape index (κ3) is 4.49. The van der Waals surface area contributed by atoms with Crippen LogP contribution in [0.3, 0.4) is 0 Å². The van der Waals surface area contributed by atoms with Gasteiger partial charge in [0.2, 0.25) is 16.0 Å². The number of nitrogens with one attached hydrogen (secondary N) is 2. The van der Waals surface area contributed by atoms with Crippen LogP contribution in [0.25, 0.3) is 0 Å².